The van der Waals surface area contributed by atoms with Gasteiger partial charge < -0.3 is 10.4 Å². The van der Waals surface area contributed by atoms with Crippen molar-refractivity contribution < 1.29 is 23.5 Å². The van der Waals surface area contributed by atoms with Crippen LogP contribution in [0.25, 0.3) is 11.1 Å². The second kappa shape index (κ2) is 19.3. The van der Waals surface area contributed by atoms with Crippen molar-refractivity contribution in [3.63, 3.8) is 0 Å². The van der Waals surface area contributed by atoms with Gasteiger partial charge in [0.15, 0.2) is 6.17 Å². The molecule has 38 heavy (non-hydrogen) atoms. The van der Waals surface area contributed by atoms with E-state index in [2.05, 4.69) is 27.8 Å². The van der Waals surface area contributed by atoms with Crippen LogP contribution >= 0.6 is 38.9 Å². The molecule has 1 unspecified atom stereocenters. The van der Waals surface area contributed by atoms with Crippen LogP contribution in [0, 0.1) is 5.82 Å². The number of allylic oxidation sites excluding steroid dienone is 3. The monoisotopic (exact) mass is 627 g/mol. The Labute approximate surface area is 241 Å². The molecule has 206 valence electrons. The second-order valence-corrected chi connectivity index (χ2v) is 9.03. The minimum atomic E-state index is -1.99. The second-order valence-electron chi connectivity index (χ2n) is 6.82. The van der Waals surface area contributed by atoms with E-state index in [9.17, 15) is 23.5 Å². The molecule has 9 heteroatoms. The van der Waals surface area contributed by atoms with Gasteiger partial charge in [0.1, 0.15) is 16.4 Å². The summed E-state index contributed by atoms with van der Waals surface area (Å²) in [6.45, 7) is 13.4. The summed E-state index contributed by atoms with van der Waals surface area (Å²) >= 11 is 10.2. The van der Waals surface area contributed by atoms with E-state index in [1.807, 2.05) is 46.8 Å². The highest BCUT2D eigenvalue weighted by Gasteiger charge is 2.25. The lowest BCUT2D eigenvalue weighted by molar-refractivity contribution is -0.120. The van der Waals surface area contributed by atoms with Crippen molar-refractivity contribution in [1.29, 1.82) is 0 Å². The normalized spacial score (nSPS) is 10.6. The molecule has 0 aliphatic heterocycles. The van der Waals surface area contributed by atoms with Crippen LogP contribution < -0.4 is 5.32 Å². The van der Waals surface area contributed by atoms with Gasteiger partial charge in [0.2, 0.25) is 0 Å². The molecule has 0 saturated heterocycles. The Morgan fingerprint density at radius 1 is 1.16 bits per heavy atom. The zero-order valence-corrected chi connectivity index (χ0v) is 25.2. The van der Waals surface area contributed by atoms with Crippen LogP contribution in [-0.2, 0) is 11.2 Å². The van der Waals surface area contributed by atoms with Gasteiger partial charge in [0, 0.05) is 26.9 Å². The summed E-state index contributed by atoms with van der Waals surface area (Å²) in [6, 6.07) is 10.5. The molecule has 3 aromatic rings. The van der Waals surface area contributed by atoms with E-state index in [1.54, 1.807) is 35.7 Å². The molecule has 0 saturated carbocycles. The first-order chi connectivity index (χ1) is 18.2. The van der Waals surface area contributed by atoms with Crippen LogP contribution in [0.4, 0.5) is 13.8 Å². The fraction of sp³-hybridized carbons (Fsp3) is 0.241. The standard InChI is InChI=1S/C20H13BrClF2NO3S.C5H8.2C2H6/c21-12-4-1-10(2-5-12)14-9-29-19(17(14)20(27)28)25-18(26)16(24)7-11-3-6-13(23)8-15(11)22;1-3-5-4-2;2*1-2/h1-6,8-9,16H,7H2,(H,25,26)(H,27,28);3-5H,1H2,2H3;2*1-2H3/b;5-4-;;. The SMILES string of the molecule is C=C/C=C\C.CC.CC.O=C(O)c1c(-c2ccc(Br)cc2)csc1NC(=O)C(F)Cc1ccc(F)cc1Cl. The molecule has 0 radical (unpaired) electrons. The van der Waals surface area contributed by atoms with Crippen molar-refractivity contribution in [3.05, 3.63) is 99.1 Å². The number of alkyl halides is 1. The molecule has 0 fully saturated rings. The maximum absolute atomic E-state index is 14.4. The topological polar surface area (TPSA) is 66.4 Å². The number of rotatable bonds is 7. The van der Waals surface area contributed by atoms with Crippen molar-refractivity contribution >= 4 is 55.7 Å². The summed E-state index contributed by atoms with van der Waals surface area (Å²) < 4.78 is 28.4. The number of benzene rings is 2. The van der Waals surface area contributed by atoms with Gasteiger partial charge >= 0.3 is 5.97 Å². The van der Waals surface area contributed by atoms with Crippen LogP contribution in [0.1, 0.15) is 50.5 Å². The molecule has 1 aromatic heterocycles. The number of carboxylic acid groups (broad SMARTS) is 1. The molecule has 1 amide bonds. The largest absolute Gasteiger partial charge is 0.478 e. The van der Waals surface area contributed by atoms with E-state index in [0.29, 0.717) is 11.1 Å². The van der Waals surface area contributed by atoms with Gasteiger partial charge in [-0.15, -0.1) is 11.3 Å². The van der Waals surface area contributed by atoms with Crippen LogP contribution in [0.5, 0.6) is 0 Å². The van der Waals surface area contributed by atoms with Gasteiger partial charge in [-0.3, -0.25) is 4.79 Å². The first kappa shape index (κ1) is 35.2. The first-order valence-electron chi connectivity index (χ1n) is 11.9. The van der Waals surface area contributed by atoms with E-state index in [1.165, 1.54) is 6.07 Å². The molecule has 4 nitrogen and oxygen atoms in total. The zero-order valence-electron chi connectivity index (χ0n) is 22.0. The third-order valence-electron chi connectivity index (χ3n) is 4.42. The Hall–Kier alpha value is -2.81. The lowest BCUT2D eigenvalue weighted by Gasteiger charge is -2.11. The van der Waals surface area contributed by atoms with Gasteiger partial charge in [-0.05, 0) is 42.3 Å². The van der Waals surface area contributed by atoms with E-state index >= 15 is 0 Å². The first-order valence-corrected chi connectivity index (χ1v) is 14.0. The van der Waals surface area contributed by atoms with Crippen LogP contribution in [0.15, 0.2) is 77.1 Å². The number of hydrogen-bond donors (Lipinski definition) is 2. The fourth-order valence-corrected chi connectivity index (χ4v) is 4.28. The quantitative estimate of drug-likeness (QED) is 0.256. The van der Waals surface area contributed by atoms with Crippen LogP contribution in [0.3, 0.4) is 0 Å². The van der Waals surface area contributed by atoms with Gasteiger partial charge in [0.05, 0.1) is 0 Å². The Morgan fingerprint density at radius 2 is 1.76 bits per heavy atom. The summed E-state index contributed by atoms with van der Waals surface area (Å²) in [5.74, 6) is -2.81. The molecule has 2 aromatic carbocycles. The van der Waals surface area contributed by atoms with Crippen LogP contribution in [-0.4, -0.2) is 23.2 Å². The highest BCUT2D eigenvalue weighted by Crippen LogP contribution is 2.36. The van der Waals surface area contributed by atoms with Crippen LogP contribution in [0.2, 0.25) is 5.02 Å². The van der Waals surface area contributed by atoms with E-state index in [4.69, 9.17) is 11.6 Å². The molecule has 0 bridgehead atoms. The van der Waals surface area contributed by atoms with Gasteiger partial charge in [0.25, 0.3) is 5.91 Å². The van der Waals surface area contributed by atoms with E-state index in [-0.39, 0.29) is 27.6 Å². The number of aromatic carboxylic acids is 1. The predicted octanol–water partition coefficient (Wildman–Crippen LogP) is 9.99. The number of carbonyl (C=O) groups excluding carboxylic acids is 1. The molecule has 1 heterocycles. The highest BCUT2D eigenvalue weighted by molar-refractivity contribution is 9.10. The number of nitrogens with one attached hydrogen (secondary N) is 1. The van der Waals surface area contributed by atoms with Crippen molar-refractivity contribution in [2.24, 2.45) is 0 Å². The average molecular weight is 629 g/mol. The zero-order chi connectivity index (χ0) is 29.3. The summed E-state index contributed by atoms with van der Waals surface area (Å²) in [6.07, 6.45) is 3.23. The molecule has 1 atom stereocenters. The third-order valence-corrected chi connectivity index (χ3v) is 6.20. The summed E-state index contributed by atoms with van der Waals surface area (Å²) in [5, 5.41) is 13.6. The Balaban J connectivity index is 0.00000134. The minimum absolute atomic E-state index is 0.0142. The number of carboxylic acids is 1. The highest BCUT2D eigenvalue weighted by atomic mass is 79.9. The third kappa shape index (κ3) is 11.3. The molecule has 3 rings (SSSR count). The van der Waals surface area contributed by atoms with Crippen molar-refractivity contribution in [2.45, 2.75) is 47.2 Å². The number of thiophene rings is 1. The Kier molecular flexibility index (Phi) is 17.9. The van der Waals surface area contributed by atoms with Gasteiger partial charge in [-0.2, -0.15) is 0 Å². The van der Waals surface area contributed by atoms with E-state index in [0.717, 1.165) is 27.9 Å². The smallest absolute Gasteiger partial charge is 0.339 e. The molecule has 0 spiro atoms. The molecular formula is C29H33BrClF2NO3S. The summed E-state index contributed by atoms with van der Waals surface area (Å²) in [7, 11) is 0. The number of anilines is 1. The number of amides is 1. The number of hydrogen-bond acceptors (Lipinski definition) is 3. The summed E-state index contributed by atoms with van der Waals surface area (Å²) in [5.41, 5.74) is 1.23. The lowest BCUT2D eigenvalue weighted by Crippen LogP contribution is -2.26. The maximum atomic E-state index is 14.4. The fourth-order valence-electron chi connectivity index (χ4n) is 2.80. The van der Waals surface area contributed by atoms with Crippen molar-refractivity contribution in [3.8, 4) is 11.1 Å². The predicted molar refractivity (Wildman–Crippen MR) is 161 cm³/mol. The number of carbonyl (C=O) groups is 2. The Bertz CT molecular complexity index is 1200. The summed E-state index contributed by atoms with van der Waals surface area (Å²) in [4.78, 5) is 24.0. The average Bonchev–Trinajstić information content (AvgIpc) is 3.33. The van der Waals surface area contributed by atoms with Gasteiger partial charge in [-0.1, -0.05) is 98.2 Å². The van der Waals surface area contributed by atoms with E-state index < -0.39 is 23.9 Å². The lowest BCUT2D eigenvalue weighted by atomic mass is 10.0. The Morgan fingerprint density at radius 3 is 2.24 bits per heavy atom. The van der Waals surface area contributed by atoms with Crippen molar-refractivity contribution in [1.82, 2.24) is 0 Å². The molecule has 0 aliphatic carbocycles. The minimum Gasteiger partial charge on any atom is -0.478 e. The van der Waals surface area contributed by atoms with Gasteiger partial charge in [-0.25, -0.2) is 13.6 Å². The van der Waals surface area contributed by atoms with Crippen molar-refractivity contribution in [2.75, 3.05) is 5.32 Å². The molecule has 0 aliphatic rings. The molecule has 2 N–H and O–H groups in total. The molecular weight excluding hydrogens is 596 g/mol. The number of halogens is 4. The maximum Gasteiger partial charge on any atom is 0.339 e.